The molecule has 2 aromatic rings. The van der Waals surface area contributed by atoms with Crippen LogP contribution in [-0.4, -0.2) is 42.2 Å². The zero-order valence-corrected chi connectivity index (χ0v) is 16.7. The molecule has 2 aliphatic rings. The van der Waals surface area contributed by atoms with Crippen molar-refractivity contribution >= 4 is 39.2 Å². The van der Waals surface area contributed by atoms with Gasteiger partial charge in [-0.2, -0.15) is 0 Å². The fourth-order valence-electron chi connectivity index (χ4n) is 3.62. The highest BCUT2D eigenvalue weighted by atomic mass is 79.9. The molecule has 6 nitrogen and oxygen atoms in total. The molecule has 0 bridgehead atoms. The number of rotatable bonds is 3. The number of fused-ring (bicyclic) bond motifs is 1. The molecule has 2 amide bonds. The molecule has 0 aromatic heterocycles. The molecule has 1 N–H and O–H groups in total. The van der Waals surface area contributed by atoms with Gasteiger partial charge in [0.1, 0.15) is 5.75 Å². The second kappa shape index (κ2) is 7.75. The molecule has 2 aromatic carbocycles. The van der Waals surface area contributed by atoms with Crippen LogP contribution >= 0.6 is 15.9 Å². The molecule has 0 atom stereocenters. The van der Waals surface area contributed by atoms with E-state index in [1.807, 2.05) is 18.2 Å². The third-order valence-electron chi connectivity index (χ3n) is 5.12. The largest absolute Gasteiger partial charge is 0.482 e. The topological polar surface area (TPSA) is 75.7 Å². The van der Waals surface area contributed by atoms with E-state index in [1.165, 1.54) is 0 Å². The maximum Gasteiger partial charge on any atom is 0.262 e. The summed E-state index contributed by atoms with van der Waals surface area (Å²) in [6.07, 6.45) is 1.25. The van der Waals surface area contributed by atoms with E-state index in [9.17, 15) is 14.4 Å². The second-order valence-corrected chi connectivity index (χ2v) is 7.90. The molecule has 0 aliphatic carbocycles. The lowest BCUT2D eigenvalue weighted by molar-refractivity contribution is -0.118. The van der Waals surface area contributed by atoms with Gasteiger partial charge in [-0.15, -0.1) is 0 Å². The van der Waals surface area contributed by atoms with Gasteiger partial charge >= 0.3 is 0 Å². The molecular formula is C21H19BrN2O4. The first-order chi connectivity index (χ1) is 13.5. The van der Waals surface area contributed by atoms with E-state index in [0.717, 1.165) is 4.47 Å². The van der Waals surface area contributed by atoms with Crippen LogP contribution < -0.4 is 10.1 Å². The van der Waals surface area contributed by atoms with E-state index in [0.29, 0.717) is 48.5 Å². The number of hydrogen-bond acceptors (Lipinski definition) is 4. The molecule has 4 rings (SSSR count). The molecule has 7 heteroatoms. The van der Waals surface area contributed by atoms with Gasteiger partial charge in [-0.1, -0.05) is 22.0 Å². The van der Waals surface area contributed by atoms with Crippen LogP contribution in [-0.2, 0) is 4.79 Å². The number of likely N-dealkylation sites (tertiary alicyclic amines) is 1. The fraction of sp³-hybridized carbons (Fsp3) is 0.286. The molecule has 1 saturated heterocycles. The fourth-order valence-corrected chi connectivity index (χ4v) is 4.02. The highest BCUT2D eigenvalue weighted by Crippen LogP contribution is 2.31. The van der Waals surface area contributed by atoms with Crippen molar-refractivity contribution in [1.82, 2.24) is 4.90 Å². The number of benzene rings is 2. The third kappa shape index (κ3) is 3.80. The Morgan fingerprint density at radius 3 is 2.61 bits per heavy atom. The second-order valence-electron chi connectivity index (χ2n) is 6.99. The highest BCUT2D eigenvalue weighted by Gasteiger charge is 2.29. The van der Waals surface area contributed by atoms with Crippen LogP contribution in [0.4, 0.5) is 5.69 Å². The van der Waals surface area contributed by atoms with Crippen molar-refractivity contribution < 1.29 is 19.1 Å². The predicted octanol–water partition coefficient (Wildman–Crippen LogP) is 3.52. The number of carbonyl (C=O) groups excluding carboxylic acids is 3. The first kappa shape index (κ1) is 18.7. The summed E-state index contributed by atoms with van der Waals surface area (Å²) in [5.74, 6) is 0.241. The van der Waals surface area contributed by atoms with E-state index in [2.05, 4.69) is 21.2 Å². The average Bonchev–Trinajstić information content (AvgIpc) is 2.72. The van der Waals surface area contributed by atoms with Gasteiger partial charge in [-0.3, -0.25) is 14.4 Å². The molecule has 1 fully saturated rings. The Balaban J connectivity index is 1.41. The van der Waals surface area contributed by atoms with E-state index in [4.69, 9.17) is 4.74 Å². The number of hydrogen-bond donors (Lipinski definition) is 1. The van der Waals surface area contributed by atoms with Crippen molar-refractivity contribution in [1.29, 1.82) is 0 Å². The molecule has 2 aliphatic heterocycles. The summed E-state index contributed by atoms with van der Waals surface area (Å²) in [6, 6.07) is 12.5. The molecule has 0 unspecified atom stereocenters. The monoisotopic (exact) mass is 442 g/mol. The average molecular weight is 443 g/mol. The standard InChI is InChI=1S/C21H19BrN2O4/c22-16-3-1-2-15(10-16)21(27)24-8-6-13(7-9-24)20(26)14-4-5-18-17(11-14)23-19(25)12-28-18/h1-5,10-11,13H,6-9,12H2,(H,23,25). The number of nitrogens with one attached hydrogen (secondary N) is 1. The van der Waals surface area contributed by atoms with Crippen molar-refractivity contribution in [3.63, 3.8) is 0 Å². The minimum atomic E-state index is -0.225. The van der Waals surface area contributed by atoms with Gasteiger partial charge in [-0.25, -0.2) is 0 Å². The van der Waals surface area contributed by atoms with Crippen LogP contribution in [0.25, 0.3) is 0 Å². The quantitative estimate of drug-likeness (QED) is 0.737. The van der Waals surface area contributed by atoms with E-state index in [1.54, 1.807) is 29.2 Å². The Morgan fingerprint density at radius 1 is 1.07 bits per heavy atom. The summed E-state index contributed by atoms with van der Waals surface area (Å²) in [4.78, 5) is 38.8. The van der Waals surface area contributed by atoms with E-state index < -0.39 is 0 Å². The third-order valence-corrected chi connectivity index (χ3v) is 5.61. The molecule has 0 saturated carbocycles. The minimum absolute atomic E-state index is 0.00916. The number of piperidine rings is 1. The van der Waals surface area contributed by atoms with Crippen LogP contribution in [0.15, 0.2) is 46.9 Å². The summed E-state index contributed by atoms with van der Waals surface area (Å²) in [6.45, 7) is 1.09. The molecule has 144 valence electrons. The van der Waals surface area contributed by atoms with Crippen LogP contribution in [0.5, 0.6) is 5.75 Å². The van der Waals surface area contributed by atoms with Crippen molar-refractivity contribution in [2.24, 2.45) is 5.92 Å². The Morgan fingerprint density at radius 2 is 1.86 bits per heavy atom. The van der Waals surface area contributed by atoms with Gasteiger partial charge in [0.15, 0.2) is 12.4 Å². The maximum atomic E-state index is 12.9. The van der Waals surface area contributed by atoms with Crippen LogP contribution in [0.3, 0.4) is 0 Å². The number of carbonyl (C=O) groups is 3. The number of anilines is 1. The van der Waals surface area contributed by atoms with E-state index in [-0.39, 0.29) is 30.1 Å². The van der Waals surface area contributed by atoms with Crippen molar-refractivity contribution in [3.8, 4) is 5.75 Å². The van der Waals surface area contributed by atoms with Gasteiger partial charge < -0.3 is 15.0 Å². The van der Waals surface area contributed by atoms with Crippen LogP contribution in [0, 0.1) is 5.92 Å². The normalized spacial score (nSPS) is 16.8. The van der Waals surface area contributed by atoms with Crippen LogP contribution in [0.2, 0.25) is 0 Å². The zero-order valence-electron chi connectivity index (χ0n) is 15.1. The zero-order chi connectivity index (χ0) is 19.7. The van der Waals surface area contributed by atoms with Gasteiger partial charge in [-0.05, 0) is 49.2 Å². The Bertz CT molecular complexity index is 951. The smallest absolute Gasteiger partial charge is 0.262 e. The number of ketones is 1. The SMILES string of the molecule is O=C1COc2ccc(C(=O)C3CCN(C(=O)c4cccc(Br)c4)CC3)cc2N1. The molecule has 0 radical (unpaired) electrons. The van der Waals surface area contributed by atoms with Crippen molar-refractivity contribution in [2.75, 3.05) is 25.0 Å². The molecular weight excluding hydrogens is 424 g/mol. The minimum Gasteiger partial charge on any atom is -0.482 e. The summed E-state index contributed by atoms with van der Waals surface area (Å²) in [5, 5.41) is 2.73. The van der Waals surface area contributed by atoms with Gasteiger partial charge in [0.25, 0.3) is 11.8 Å². The Labute approximate surface area is 171 Å². The molecule has 0 spiro atoms. The van der Waals surface area contributed by atoms with Gasteiger partial charge in [0, 0.05) is 34.6 Å². The van der Waals surface area contributed by atoms with Gasteiger partial charge in [0.2, 0.25) is 0 Å². The predicted molar refractivity (Wildman–Crippen MR) is 108 cm³/mol. The number of halogens is 1. The highest BCUT2D eigenvalue weighted by molar-refractivity contribution is 9.10. The summed E-state index contributed by atoms with van der Waals surface area (Å²) < 4.78 is 6.20. The van der Waals surface area contributed by atoms with Crippen LogP contribution in [0.1, 0.15) is 33.6 Å². The lowest BCUT2D eigenvalue weighted by Gasteiger charge is -2.31. The van der Waals surface area contributed by atoms with Crippen molar-refractivity contribution in [3.05, 3.63) is 58.1 Å². The summed E-state index contributed by atoms with van der Waals surface area (Å²) >= 11 is 3.39. The lowest BCUT2D eigenvalue weighted by Crippen LogP contribution is -2.40. The molecule has 28 heavy (non-hydrogen) atoms. The Kier molecular flexibility index (Phi) is 5.17. The number of ether oxygens (including phenoxy) is 1. The first-order valence-corrected chi connectivity index (χ1v) is 9.96. The number of Topliss-reactive ketones (excluding diaryl/α,β-unsaturated/α-hetero) is 1. The lowest BCUT2D eigenvalue weighted by atomic mass is 9.88. The molecule has 2 heterocycles. The van der Waals surface area contributed by atoms with Gasteiger partial charge in [0.05, 0.1) is 5.69 Å². The Hall–Kier alpha value is -2.67. The number of amides is 2. The summed E-state index contributed by atoms with van der Waals surface area (Å²) in [7, 11) is 0. The van der Waals surface area contributed by atoms with Crippen molar-refractivity contribution in [2.45, 2.75) is 12.8 Å². The first-order valence-electron chi connectivity index (χ1n) is 9.17. The summed E-state index contributed by atoms with van der Waals surface area (Å²) in [5.41, 5.74) is 1.73. The maximum absolute atomic E-state index is 12.9. The van der Waals surface area contributed by atoms with E-state index >= 15 is 0 Å². The number of nitrogens with zero attached hydrogens (tertiary/aromatic N) is 1.